The molecule has 0 aliphatic carbocycles. The monoisotopic (exact) mass is 516 g/mol. The summed E-state index contributed by atoms with van der Waals surface area (Å²) in [7, 11) is 0. The van der Waals surface area contributed by atoms with E-state index in [1.165, 1.54) is 89.9 Å². The summed E-state index contributed by atoms with van der Waals surface area (Å²) >= 11 is 7.65. The molecule has 0 spiro atoms. The first-order valence-corrected chi connectivity index (χ1v) is 12.9. The molecule has 1 rings (SSSR count). The molecular formula is C27H50NS2Zn-3. The molecule has 0 amide bonds. The first-order chi connectivity index (χ1) is 14.6. The Morgan fingerprint density at radius 1 is 0.710 bits per heavy atom. The van der Waals surface area contributed by atoms with E-state index >= 15 is 0 Å². The fourth-order valence-corrected chi connectivity index (χ4v) is 2.61. The van der Waals surface area contributed by atoms with Crippen LogP contribution in [0.2, 0.25) is 0 Å². The van der Waals surface area contributed by atoms with Gasteiger partial charge in [-0.2, -0.15) is 49.2 Å². The molecule has 1 nitrogen and oxygen atoms in total. The Kier molecular flexibility index (Phi) is 50.0. The average Bonchev–Trinajstić information content (AvgIpc) is 2.75. The van der Waals surface area contributed by atoms with Gasteiger partial charge in [-0.3, -0.25) is 0 Å². The molecule has 0 saturated carbocycles. The summed E-state index contributed by atoms with van der Waals surface area (Å²) in [6.45, 7) is 12.2. The van der Waals surface area contributed by atoms with Gasteiger partial charge in [0.25, 0.3) is 0 Å². The summed E-state index contributed by atoms with van der Waals surface area (Å²) in [6.07, 6.45) is 21.8. The SMILES string of the molecule is NC(=S)S.[CH2-]CCCCCCCCC.[CH2-]CCCCCCCCC.[Zn].[c-]1ccccc1. The Morgan fingerprint density at radius 2 is 1.00 bits per heavy atom. The van der Waals surface area contributed by atoms with E-state index in [0.717, 1.165) is 12.8 Å². The zero-order valence-electron chi connectivity index (χ0n) is 20.8. The fraction of sp³-hybridized carbons (Fsp3) is 0.667. The molecule has 2 N–H and O–H groups in total. The molecule has 1 aromatic rings. The van der Waals surface area contributed by atoms with Gasteiger partial charge in [-0.05, 0) is 0 Å². The third-order valence-electron chi connectivity index (χ3n) is 4.31. The van der Waals surface area contributed by atoms with Gasteiger partial charge in [0.2, 0.25) is 0 Å². The van der Waals surface area contributed by atoms with Crippen molar-refractivity contribution in [2.24, 2.45) is 5.73 Å². The van der Waals surface area contributed by atoms with Crippen LogP contribution in [0, 0.1) is 19.9 Å². The molecular weight excluding hydrogens is 468 g/mol. The van der Waals surface area contributed by atoms with Crippen molar-refractivity contribution in [3.8, 4) is 0 Å². The van der Waals surface area contributed by atoms with Crippen LogP contribution in [0.5, 0.6) is 0 Å². The van der Waals surface area contributed by atoms with Gasteiger partial charge in [-0.1, -0.05) is 116 Å². The average molecular weight is 518 g/mol. The van der Waals surface area contributed by atoms with E-state index in [9.17, 15) is 0 Å². The van der Waals surface area contributed by atoms with E-state index in [1.54, 1.807) is 0 Å². The van der Waals surface area contributed by atoms with Gasteiger partial charge in [-0.25, -0.2) is 0 Å². The molecule has 0 fully saturated rings. The van der Waals surface area contributed by atoms with Crippen molar-refractivity contribution in [1.82, 2.24) is 0 Å². The second-order valence-corrected chi connectivity index (χ2v) is 8.59. The summed E-state index contributed by atoms with van der Waals surface area (Å²) in [5, 5.41) is 0. The van der Waals surface area contributed by atoms with E-state index in [1.807, 2.05) is 30.3 Å². The van der Waals surface area contributed by atoms with E-state index < -0.39 is 0 Å². The van der Waals surface area contributed by atoms with Gasteiger partial charge in [0, 0.05) is 19.5 Å². The van der Waals surface area contributed by atoms with Crippen molar-refractivity contribution < 1.29 is 19.5 Å². The maximum Gasteiger partial charge on any atom is 0.128 e. The predicted octanol–water partition coefficient (Wildman–Crippen LogP) is 9.57. The Hall–Kier alpha value is 0.0834. The number of unbranched alkanes of at least 4 members (excludes halogenated alkanes) is 14. The number of hydrogen-bond donors (Lipinski definition) is 2. The molecule has 0 atom stereocenters. The van der Waals surface area contributed by atoms with Crippen LogP contribution >= 0.6 is 24.8 Å². The third kappa shape index (κ3) is 58.8. The molecule has 0 aliphatic rings. The zero-order chi connectivity index (χ0) is 23.1. The Labute approximate surface area is 220 Å². The summed E-state index contributed by atoms with van der Waals surface area (Å²) < 4.78 is 0.194. The van der Waals surface area contributed by atoms with Gasteiger partial charge in [0.15, 0.2) is 0 Å². The van der Waals surface area contributed by atoms with E-state index in [4.69, 9.17) is 5.73 Å². The molecule has 31 heavy (non-hydrogen) atoms. The van der Waals surface area contributed by atoms with Gasteiger partial charge in [0.05, 0.1) is 0 Å². The Balaban J connectivity index is -0.000000163. The van der Waals surface area contributed by atoms with Crippen molar-refractivity contribution in [1.29, 1.82) is 0 Å². The van der Waals surface area contributed by atoms with Crippen molar-refractivity contribution in [2.75, 3.05) is 0 Å². The second kappa shape index (κ2) is 40.4. The van der Waals surface area contributed by atoms with Crippen molar-refractivity contribution >= 4 is 29.2 Å². The summed E-state index contributed by atoms with van der Waals surface area (Å²) in [5.74, 6) is 0. The maximum atomic E-state index is 4.71. The zero-order valence-corrected chi connectivity index (χ0v) is 25.4. The standard InChI is InChI=1S/2C10H21.C6H5.CH3NS2.Zn/c2*1-3-5-7-9-10-8-6-4-2;1-2-4-6-5-3-1;2-1(3)4;/h2*1,3-10H2,2H3;1-5H;(H3,2,3,4);/q3*-1;;. The van der Waals surface area contributed by atoms with Crippen LogP contribution in [-0.4, -0.2) is 4.32 Å². The minimum Gasteiger partial charge on any atom is -0.385 e. The molecule has 4 heteroatoms. The molecule has 1 aromatic carbocycles. The number of benzene rings is 1. The number of thiocarbonyl (C=S) groups is 1. The summed E-state index contributed by atoms with van der Waals surface area (Å²) in [4.78, 5) is 0. The van der Waals surface area contributed by atoms with E-state index in [-0.39, 0.29) is 23.8 Å². The second-order valence-electron chi connectivity index (χ2n) is 7.37. The van der Waals surface area contributed by atoms with Gasteiger partial charge >= 0.3 is 0 Å². The van der Waals surface area contributed by atoms with Crippen LogP contribution in [-0.2, 0) is 19.5 Å². The first-order valence-electron chi connectivity index (χ1n) is 12.0. The normalized spacial score (nSPS) is 8.94. The Bertz CT molecular complexity index is 325. The molecule has 0 bridgehead atoms. The van der Waals surface area contributed by atoms with Gasteiger partial charge < -0.3 is 19.6 Å². The van der Waals surface area contributed by atoms with Crippen LogP contribution in [0.1, 0.15) is 117 Å². The largest absolute Gasteiger partial charge is 0.385 e. The number of nitrogens with two attached hydrogens (primary N) is 1. The predicted molar refractivity (Wildman–Crippen MR) is 147 cm³/mol. The van der Waals surface area contributed by atoms with Crippen LogP contribution in [0.25, 0.3) is 0 Å². The Morgan fingerprint density at radius 3 is 1.19 bits per heavy atom. The summed E-state index contributed by atoms with van der Waals surface area (Å²) in [5.41, 5.74) is 4.71. The molecule has 180 valence electrons. The fourth-order valence-electron chi connectivity index (χ4n) is 2.61. The number of hydrogen-bond acceptors (Lipinski definition) is 1. The van der Waals surface area contributed by atoms with Gasteiger partial charge in [0.1, 0.15) is 4.32 Å². The van der Waals surface area contributed by atoms with Crippen molar-refractivity contribution in [3.05, 3.63) is 50.2 Å². The minimum atomic E-state index is 0. The van der Waals surface area contributed by atoms with Crippen LogP contribution < -0.4 is 5.73 Å². The topological polar surface area (TPSA) is 26.0 Å². The quantitative estimate of drug-likeness (QED) is 0.0844. The van der Waals surface area contributed by atoms with Crippen molar-refractivity contribution in [2.45, 2.75) is 117 Å². The van der Waals surface area contributed by atoms with Crippen molar-refractivity contribution in [3.63, 3.8) is 0 Å². The molecule has 0 unspecified atom stereocenters. The molecule has 0 radical (unpaired) electrons. The number of thiol groups is 1. The van der Waals surface area contributed by atoms with E-state index in [0.29, 0.717) is 0 Å². The maximum absolute atomic E-state index is 4.71. The third-order valence-corrected chi connectivity index (χ3v) is 4.31. The minimum absolute atomic E-state index is 0. The smallest absolute Gasteiger partial charge is 0.128 e. The molecule has 0 heterocycles. The van der Waals surface area contributed by atoms with Crippen LogP contribution in [0.15, 0.2) is 30.3 Å². The molecule has 0 aromatic heterocycles. The van der Waals surface area contributed by atoms with E-state index in [2.05, 4.69) is 58.6 Å². The summed E-state index contributed by atoms with van der Waals surface area (Å²) in [6, 6.07) is 12.5. The van der Waals surface area contributed by atoms with Crippen LogP contribution in [0.4, 0.5) is 0 Å². The molecule has 0 aliphatic heterocycles. The first kappa shape index (κ1) is 38.4. The number of rotatable bonds is 14. The van der Waals surface area contributed by atoms with Crippen LogP contribution in [0.3, 0.4) is 0 Å². The molecule has 0 saturated heterocycles. The van der Waals surface area contributed by atoms with Gasteiger partial charge in [-0.15, -0.1) is 12.6 Å².